The van der Waals surface area contributed by atoms with E-state index in [0.717, 1.165) is 30.7 Å². The summed E-state index contributed by atoms with van der Waals surface area (Å²) in [7, 11) is 0. The Hall–Kier alpha value is -1.19. The van der Waals surface area contributed by atoms with E-state index in [1.54, 1.807) is 0 Å². The molecule has 3 N–H and O–H groups in total. The van der Waals surface area contributed by atoms with Crippen LogP contribution in [0.5, 0.6) is 5.75 Å². The van der Waals surface area contributed by atoms with Gasteiger partial charge < -0.3 is 15.5 Å². The third kappa shape index (κ3) is 9.34. The van der Waals surface area contributed by atoms with Gasteiger partial charge in [0, 0.05) is 17.1 Å². The van der Waals surface area contributed by atoms with Crippen LogP contribution in [0.4, 0.5) is 0 Å². The van der Waals surface area contributed by atoms with Crippen molar-refractivity contribution < 1.29 is 4.74 Å². The molecule has 160 valence electrons. The minimum absolute atomic E-state index is 0. The fourth-order valence-corrected chi connectivity index (χ4v) is 3.74. The standard InChI is InChI=1S/C24H40N2O.ClH/c1-2-3-4-5-6-7-8-9-10-11-12-13-18-27-22-14-15-24-23(19-22)21(16-17-25)20-26-24;/h14-15,19-20,26H,2-13,16-18,25H2,1H3;1H. The molecule has 0 aliphatic rings. The zero-order valence-corrected chi connectivity index (χ0v) is 18.6. The van der Waals surface area contributed by atoms with Crippen molar-refractivity contribution in [2.75, 3.05) is 13.2 Å². The fraction of sp³-hybridized carbons (Fsp3) is 0.667. The first kappa shape index (κ1) is 24.8. The second kappa shape index (κ2) is 15.7. The van der Waals surface area contributed by atoms with Crippen LogP contribution >= 0.6 is 12.4 Å². The summed E-state index contributed by atoms with van der Waals surface area (Å²) >= 11 is 0. The van der Waals surface area contributed by atoms with Gasteiger partial charge in [-0.2, -0.15) is 0 Å². The van der Waals surface area contributed by atoms with Crippen molar-refractivity contribution in [3.8, 4) is 5.75 Å². The van der Waals surface area contributed by atoms with Gasteiger partial charge in [0.2, 0.25) is 0 Å². The van der Waals surface area contributed by atoms with Gasteiger partial charge in [-0.1, -0.05) is 77.6 Å². The van der Waals surface area contributed by atoms with E-state index in [1.165, 1.54) is 81.6 Å². The summed E-state index contributed by atoms with van der Waals surface area (Å²) in [6.07, 6.45) is 19.4. The Labute approximate surface area is 178 Å². The van der Waals surface area contributed by atoms with Gasteiger partial charge in [-0.3, -0.25) is 0 Å². The van der Waals surface area contributed by atoms with Crippen LogP contribution in [0.25, 0.3) is 10.9 Å². The number of nitrogens with one attached hydrogen (secondary N) is 1. The largest absolute Gasteiger partial charge is 0.494 e. The first-order valence-electron chi connectivity index (χ1n) is 11.3. The number of benzene rings is 1. The number of aromatic nitrogens is 1. The first-order chi connectivity index (χ1) is 13.3. The summed E-state index contributed by atoms with van der Waals surface area (Å²) in [6.45, 7) is 3.78. The van der Waals surface area contributed by atoms with Gasteiger partial charge in [-0.15, -0.1) is 12.4 Å². The van der Waals surface area contributed by atoms with Crippen LogP contribution < -0.4 is 10.5 Å². The summed E-state index contributed by atoms with van der Waals surface area (Å²) < 4.78 is 5.96. The zero-order chi connectivity index (χ0) is 19.2. The van der Waals surface area contributed by atoms with Gasteiger partial charge in [-0.05, 0) is 43.1 Å². The molecule has 0 aliphatic heterocycles. The Balaban J connectivity index is 0.00000392. The van der Waals surface area contributed by atoms with Crippen LogP contribution in [0.15, 0.2) is 24.4 Å². The maximum atomic E-state index is 5.96. The van der Waals surface area contributed by atoms with Crippen LogP contribution in [0.2, 0.25) is 0 Å². The van der Waals surface area contributed by atoms with Crippen LogP contribution in [0.3, 0.4) is 0 Å². The van der Waals surface area contributed by atoms with E-state index in [4.69, 9.17) is 10.5 Å². The number of rotatable bonds is 16. The molecule has 0 aliphatic carbocycles. The van der Waals surface area contributed by atoms with Crippen LogP contribution in [0.1, 0.15) is 89.5 Å². The molecule has 0 fully saturated rings. The molecule has 0 unspecified atom stereocenters. The number of nitrogens with two attached hydrogens (primary N) is 1. The van der Waals surface area contributed by atoms with E-state index in [9.17, 15) is 0 Å². The summed E-state index contributed by atoms with van der Waals surface area (Å²) in [6, 6.07) is 6.32. The monoisotopic (exact) mass is 408 g/mol. The summed E-state index contributed by atoms with van der Waals surface area (Å²) in [4.78, 5) is 3.31. The molecule has 0 radical (unpaired) electrons. The quantitative estimate of drug-likeness (QED) is 0.289. The third-order valence-corrected chi connectivity index (χ3v) is 5.42. The van der Waals surface area contributed by atoms with E-state index in [2.05, 4.69) is 36.3 Å². The summed E-state index contributed by atoms with van der Waals surface area (Å²) in [5.41, 5.74) is 8.14. The number of ether oxygens (including phenoxy) is 1. The second-order valence-electron chi connectivity index (χ2n) is 7.80. The molecule has 1 heterocycles. The molecule has 0 spiro atoms. The molecular weight excluding hydrogens is 368 g/mol. The maximum Gasteiger partial charge on any atom is 0.120 e. The molecule has 0 amide bonds. The SMILES string of the molecule is CCCCCCCCCCCCCCOc1ccc2[nH]cc(CCN)c2c1.Cl. The highest BCUT2D eigenvalue weighted by Crippen LogP contribution is 2.24. The van der Waals surface area contributed by atoms with Gasteiger partial charge in [-0.25, -0.2) is 0 Å². The number of fused-ring (bicyclic) bond motifs is 1. The van der Waals surface area contributed by atoms with Crippen molar-refractivity contribution in [2.24, 2.45) is 5.73 Å². The predicted molar refractivity (Wildman–Crippen MR) is 125 cm³/mol. The number of unbranched alkanes of at least 4 members (excludes halogenated alkanes) is 11. The molecule has 3 nitrogen and oxygen atoms in total. The highest BCUT2D eigenvalue weighted by Gasteiger charge is 2.04. The summed E-state index contributed by atoms with van der Waals surface area (Å²) in [5, 5.41) is 1.24. The highest BCUT2D eigenvalue weighted by molar-refractivity contribution is 5.85. The molecule has 2 aromatic rings. The van der Waals surface area contributed by atoms with Crippen LogP contribution in [-0.2, 0) is 6.42 Å². The number of hydrogen-bond donors (Lipinski definition) is 2. The van der Waals surface area contributed by atoms with Crippen molar-refractivity contribution >= 4 is 23.3 Å². The molecule has 0 saturated heterocycles. The second-order valence-corrected chi connectivity index (χ2v) is 7.80. The zero-order valence-electron chi connectivity index (χ0n) is 17.8. The smallest absolute Gasteiger partial charge is 0.120 e. The van der Waals surface area contributed by atoms with Gasteiger partial charge in [0.1, 0.15) is 5.75 Å². The highest BCUT2D eigenvalue weighted by atomic mass is 35.5. The molecule has 0 atom stereocenters. The summed E-state index contributed by atoms with van der Waals surface area (Å²) in [5.74, 6) is 0.975. The number of H-pyrrole nitrogens is 1. The minimum Gasteiger partial charge on any atom is -0.494 e. The molecule has 28 heavy (non-hydrogen) atoms. The first-order valence-corrected chi connectivity index (χ1v) is 11.3. The van der Waals surface area contributed by atoms with Gasteiger partial charge in [0.25, 0.3) is 0 Å². The average Bonchev–Trinajstić information content (AvgIpc) is 3.08. The topological polar surface area (TPSA) is 51.0 Å². The molecule has 0 saturated carbocycles. The predicted octanol–water partition coefficient (Wildman–Crippen LogP) is 7.17. The minimum atomic E-state index is 0. The van der Waals surface area contributed by atoms with E-state index < -0.39 is 0 Å². The van der Waals surface area contributed by atoms with E-state index in [0.29, 0.717) is 6.54 Å². The lowest BCUT2D eigenvalue weighted by molar-refractivity contribution is 0.304. The van der Waals surface area contributed by atoms with Crippen molar-refractivity contribution in [3.05, 3.63) is 30.0 Å². The van der Waals surface area contributed by atoms with Gasteiger partial charge in [0.05, 0.1) is 6.61 Å². The van der Waals surface area contributed by atoms with Crippen molar-refractivity contribution in [1.29, 1.82) is 0 Å². The number of aromatic amines is 1. The molecular formula is C24H41ClN2O. The molecule has 1 aromatic heterocycles. The van der Waals surface area contributed by atoms with E-state index in [-0.39, 0.29) is 12.4 Å². The fourth-order valence-electron chi connectivity index (χ4n) is 3.74. The van der Waals surface area contributed by atoms with Crippen LogP contribution in [0, 0.1) is 0 Å². The molecule has 1 aromatic carbocycles. The Bertz CT molecular complexity index is 626. The molecule has 0 bridgehead atoms. The Morgan fingerprint density at radius 3 is 2.07 bits per heavy atom. The Morgan fingerprint density at radius 1 is 0.857 bits per heavy atom. The number of halogens is 1. The van der Waals surface area contributed by atoms with Crippen molar-refractivity contribution in [1.82, 2.24) is 4.98 Å². The van der Waals surface area contributed by atoms with E-state index in [1.807, 2.05) is 0 Å². The van der Waals surface area contributed by atoms with E-state index >= 15 is 0 Å². The molecule has 4 heteroatoms. The normalized spacial score (nSPS) is 10.9. The Morgan fingerprint density at radius 2 is 1.46 bits per heavy atom. The van der Waals surface area contributed by atoms with Crippen LogP contribution in [-0.4, -0.2) is 18.1 Å². The Kier molecular flexibility index (Phi) is 13.9. The maximum absolute atomic E-state index is 5.96. The lowest BCUT2D eigenvalue weighted by Gasteiger charge is -2.07. The third-order valence-electron chi connectivity index (χ3n) is 5.42. The van der Waals surface area contributed by atoms with Crippen molar-refractivity contribution in [3.63, 3.8) is 0 Å². The molecule has 2 rings (SSSR count). The van der Waals surface area contributed by atoms with Gasteiger partial charge >= 0.3 is 0 Å². The number of hydrogen-bond acceptors (Lipinski definition) is 2. The van der Waals surface area contributed by atoms with Gasteiger partial charge in [0.15, 0.2) is 0 Å². The lowest BCUT2D eigenvalue weighted by Crippen LogP contribution is -2.02. The average molecular weight is 409 g/mol. The lowest BCUT2D eigenvalue weighted by atomic mass is 10.1. The van der Waals surface area contributed by atoms with Crippen molar-refractivity contribution in [2.45, 2.75) is 90.4 Å².